The van der Waals surface area contributed by atoms with E-state index in [1.165, 1.54) is 57.8 Å². The molecule has 0 saturated carbocycles. The number of aliphatic carboxylic acids is 1. The zero-order chi connectivity index (χ0) is 56.2. The number of hydrogen-bond acceptors (Lipinski definition) is 7. The summed E-state index contributed by atoms with van der Waals surface area (Å²) in [5.74, 6) is -2.05. The van der Waals surface area contributed by atoms with Gasteiger partial charge in [0, 0.05) is 12.8 Å². The Balaban J connectivity index is 4.21. The summed E-state index contributed by atoms with van der Waals surface area (Å²) in [6.45, 7) is 4.69. The third-order valence-corrected chi connectivity index (χ3v) is 12.4. The first-order valence-electron chi connectivity index (χ1n) is 30.3. The van der Waals surface area contributed by atoms with E-state index in [-0.39, 0.29) is 38.6 Å². The molecule has 0 rings (SSSR count). The lowest BCUT2D eigenvalue weighted by Crippen LogP contribution is -2.40. The number of esters is 2. The number of hydrogen-bond donors (Lipinski definition) is 1. The van der Waals surface area contributed by atoms with Gasteiger partial charge in [0.25, 0.3) is 6.29 Å². The number of ether oxygens (including phenoxy) is 4. The first-order valence-corrected chi connectivity index (χ1v) is 30.3. The highest BCUT2D eigenvalue weighted by molar-refractivity contribution is 5.71. The van der Waals surface area contributed by atoms with E-state index in [9.17, 15) is 19.5 Å². The summed E-state index contributed by atoms with van der Waals surface area (Å²) in [6.07, 6.45) is 79.6. The number of carbonyl (C=O) groups excluding carboxylic acids is 2. The first-order chi connectivity index (χ1) is 37.6. The molecular formula is C68H112NO8+. The van der Waals surface area contributed by atoms with Crippen molar-refractivity contribution in [3.05, 3.63) is 134 Å². The van der Waals surface area contributed by atoms with Crippen molar-refractivity contribution >= 4 is 17.9 Å². The minimum atomic E-state index is -1.52. The molecule has 0 aliphatic heterocycles. The molecule has 0 aromatic heterocycles. The van der Waals surface area contributed by atoms with Gasteiger partial charge in [-0.05, 0) is 116 Å². The van der Waals surface area contributed by atoms with E-state index in [2.05, 4.69) is 148 Å². The molecule has 0 radical (unpaired) electrons. The van der Waals surface area contributed by atoms with Crippen molar-refractivity contribution in [1.82, 2.24) is 0 Å². The molecule has 0 aromatic rings. The van der Waals surface area contributed by atoms with E-state index in [4.69, 9.17) is 18.9 Å². The van der Waals surface area contributed by atoms with E-state index in [1.54, 1.807) is 0 Å². The first kappa shape index (κ1) is 72.4. The second kappa shape index (κ2) is 57.6. The van der Waals surface area contributed by atoms with Crippen LogP contribution < -0.4 is 0 Å². The molecule has 9 nitrogen and oxygen atoms in total. The Morgan fingerprint density at radius 1 is 0.403 bits per heavy atom. The maximum Gasteiger partial charge on any atom is 0.361 e. The van der Waals surface area contributed by atoms with Crippen LogP contribution in [0.1, 0.15) is 219 Å². The van der Waals surface area contributed by atoms with E-state index >= 15 is 0 Å². The predicted octanol–water partition coefficient (Wildman–Crippen LogP) is 18.2. The molecule has 0 bridgehead atoms. The molecule has 0 fully saturated rings. The Morgan fingerprint density at radius 3 is 1.10 bits per heavy atom. The molecule has 0 aliphatic rings. The molecule has 0 saturated heterocycles. The van der Waals surface area contributed by atoms with Crippen molar-refractivity contribution in [1.29, 1.82) is 0 Å². The lowest BCUT2D eigenvalue weighted by Gasteiger charge is -2.25. The molecule has 2 unspecified atom stereocenters. The highest BCUT2D eigenvalue weighted by atomic mass is 16.7. The van der Waals surface area contributed by atoms with Gasteiger partial charge < -0.3 is 28.5 Å². The van der Waals surface area contributed by atoms with Crippen LogP contribution >= 0.6 is 0 Å². The maximum atomic E-state index is 12.9. The van der Waals surface area contributed by atoms with Crippen LogP contribution in [0.5, 0.6) is 0 Å². The monoisotopic (exact) mass is 1070 g/mol. The average molecular weight is 1070 g/mol. The number of quaternary nitrogens is 1. The number of carbonyl (C=O) groups is 3. The molecule has 1 N–H and O–H groups in total. The molecule has 0 aliphatic carbocycles. The molecule has 2 atom stereocenters. The highest BCUT2D eigenvalue weighted by Crippen LogP contribution is 2.14. The van der Waals surface area contributed by atoms with Crippen molar-refractivity contribution in [2.24, 2.45) is 0 Å². The van der Waals surface area contributed by atoms with Crippen LogP contribution in [0, 0.1) is 0 Å². The van der Waals surface area contributed by atoms with Crippen LogP contribution in [0.3, 0.4) is 0 Å². The summed E-state index contributed by atoms with van der Waals surface area (Å²) in [4.78, 5) is 37.4. The SMILES string of the molecule is CC/C=C\C/C=C\C/C=C\C/C=C\C/C=C\C/C=C\C/C=C\C/C=C\C/C=C\CCCCCCCCCCCC(=O)OC(COC(=O)CCCCCCC/C=C\C/C=C\CCCCC)COC(OCC[N+](C)(C)C)C(=O)O. The standard InChI is InChI=1S/C68H111NO8/c1-6-8-10-12-14-16-18-20-22-23-24-25-26-27-28-29-30-31-32-33-34-35-36-37-38-39-40-41-42-43-45-47-49-51-53-55-57-59-66(71)77-64(63-76-68(67(72)73)74-61-60-69(3,4)5)62-75-65(70)58-56-54-52-50-48-46-44-21-19-17-15-13-11-9-7-2/h8,10,14-17,20-22,24-25,27-28,30-31,33-34,36-37,39-40,44,64,68H,6-7,9,11-13,18-19,23,26,29,32,35,38,41-43,45-63H2,1-5H3/p+1/b10-8-,16-14-,17-15-,22-20-,25-24-,28-27-,31-30-,34-33-,37-36-,40-39-,44-21-. The van der Waals surface area contributed by atoms with Gasteiger partial charge in [0.2, 0.25) is 0 Å². The Hall–Kier alpha value is -4.57. The van der Waals surface area contributed by atoms with Gasteiger partial charge in [-0.1, -0.05) is 225 Å². The van der Waals surface area contributed by atoms with Gasteiger partial charge in [0.15, 0.2) is 6.10 Å². The fourth-order valence-corrected chi connectivity index (χ4v) is 7.74. The minimum Gasteiger partial charge on any atom is -0.477 e. The highest BCUT2D eigenvalue weighted by Gasteiger charge is 2.25. The molecular weight excluding hydrogens is 959 g/mol. The molecule has 436 valence electrons. The zero-order valence-electron chi connectivity index (χ0n) is 49.6. The molecule has 0 spiro atoms. The third-order valence-electron chi connectivity index (χ3n) is 12.4. The van der Waals surface area contributed by atoms with Crippen LogP contribution in [-0.2, 0) is 33.3 Å². The normalized spacial score (nSPS) is 13.7. The molecule has 9 heteroatoms. The van der Waals surface area contributed by atoms with E-state index < -0.39 is 24.3 Å². The second-order valence-corrected chi connectivity index (χ2v) is 20.9. The van der Waals surface area contributed by atoms with Crippen LogP contribution in [0.4, 0.5) is 0 Å². The fourth-order valence-electron chi connectivity index (χ4n) is 7.74. The average Bonchev–Trinajstić information content (AvgIpc) is 3.40. The Kier molecular flexibility index (Phi) is 54.2. The van der Waals surface area contributed by atoms with Gasteiger partial charge in [0.05, 0.1) is 34.4 Å². The van der Waals surface area contributed by atoms with Crippen molar-refractivity contribution in [2.75, 3.05) is 47.5 Å². The third kappa shape index (κ3) is 58.9. The summed E-state index contributed by atoms with van der Waals surface area (Å²) in [5.41, 5.74) is 0. The predicted molar refractivity (Wildman–Crippen MR) is 327 cm³/mol. The fraction of sp³-hybridized carbons (Fsp3) is 0.632. The molecule has 0 aromatic carbocycles. The van der Waals surface area contributed by atoms with Gasteiger partial charge >= 0.3 is 17.9 Å². The van der Waals surface area contributed by atoms with Crippen LogP contribution in [0.2, 0.25) is 0 Å². The van der Waals surface area contributed by atoms with Crippen LogP contribution in [0.15, 0.2) is 134 Å². The summed E-state index contributed by atoms with van der Waals surface area (Å²) >= 11 is 0. The number of nitrogens with zero attached hydrogens (tertiary/aromatic N) is 1. The number of rotatable bonds is 54. The number of carboxylic acid groups (broad SMARTS) is 1. The van der Waals surface area contributed by atoms with Crippen molar-refractivity contribution in [3.8, 4) is 0 Å². The van der Waals surface area contributed by atoms with E-state index in [1.807, 2.05) is 21.1 Å². The van der Waals surface area contributed by atoms with Gasteiger partial charge in [-0.15, -0.1) is 0 Å². The topological polar surface area (TPSA) is 108 Å². The molecule has 77 heavy (non-hydrogen) atoms. The smallest absolute Gasteiger partial charge is 0.361 e. The maximum absolute atomic E-state index is 12.9. The van der Waals surface area contributed by atoms with Crippen molar-refractivity contribution in [2.45, 2.75) is 232 Å². The zero-order valence-corrected chi connectivity index (χ0v) is 49.6. The number of unbranched alkanes of at least 4 members (excludes halogenated alkanes) is 17. The second-order valence-electron chi connectivity index (χ2n) is 20.9. The number of likely N-dealkylation sites (N-methyl/N-ethyl adjacent to an activating group) is 1. The Labute approximate surface area is 471 Å². The number of carboxylic acids is 1. The van der Waals surface area contributed by atoms with Gasteiger partial charge in [-0.3, -0.25) is 9.59 Å². The largest absolute Gasteiger partial charge is 0.477 e. The van der Waals surface area contributed by atoms with Gasteiger partial charge in [-0.2, -0.15) is 0 Å². The summed E-state index contributed by atoms with van der Waals surface area (Å²) in [7, 11) is 5.95. The number of allylic oxidation sites excluding steroid dienone is 22. The molecule has 0 amide bonds. The van der Waals surface area contributed by atoms with E-state index in [0.29, 0.717) is 17.4 Å². The lowest BCUT2D eigenvalue weighted by atomic mass is 10.1. The van der Waals surface area contributed by atoms with Crippen molar-refractivity contribution < 1.29 is 42.9 Å². The molecule has 0 heterocycles. The van der Waals surface area contributed by atoms with Crippen LogP contribution in [-0.4, -0.2) is 87.4 Å². The lowest BCUT2D eigenvalue weighted by molar-refractivity contribution is -0.870. The summed E-state index contributed by atoms with van der Waals surface area (Å²) in [6, 6.07) is 0. The van der Waals surface area contributed by atoms with Gasteiger partial charge in [0.1, 0.15) is 13.2 Å². The Bertz CT molecular complexity index is 1720. The van der Waals surface area contributed by atoms with Crippen molar-refractivity contribution in [3.63, 3.8) is 0 Å². The summed E-state index contributed by atoms with van der Waals surface area (Å²) in [5, 5.41) is 9.70. The Morgan fingerprint density at radius 2 is 0.740 bits per heavy atom. The van der Waals surface area contributed by atoms with Gasteiger partial charge in [-0.25, -0.2) is 4.79 Å². The quantitative estimate of drug-likeness (QED) is 0.0211. The van der Waals surface area contributed by atoms with E-state index in [0.717, 1.165) is 128 Å². The van der Waals surface area contributed by atoms with Crippen LogP contribution in [0.25, 0.3) is 0 Å². The summed E-state index contributed by atoms with van der Waals surface area (Å²) < 4.78 is 22.8. The minimum absolute atomic E-state index is 0.177.